The van der Waals surface area contributed by atoms with Gasteiger partial charge in [-0.2, -0.15) is 0 Å². The van der Waals surface area contributed by atoms with Crippen molar-refractivity contribution >= 4 is 22.4 Å². The van der Waals surface area contributed by atoms with E-state index in [0.29, 0.717) is 12.6 Å². The van der Waals surface area contributed by atoms with Gasteiger partial charge in [-0.1, -0.05) is 18.2 Å². The van der Waals surface area contributed by atoms with E-state index < -0.39 is 0 Å². The summed E-state index contributed by atoms with van der Waals surface area (Å²) in [6, 6.07) is 20.4. The first kappa shape index (κ1) is 14.8. The summed E-state index contributed by atoms with van der Waals surface area (Å²) in [5.41, 5.74) is 7.51. The number of rotatable bonds is 4. The van der Waals surface area contributed by atoms with Crippen LogP contribution in [0.3, 0.4) is 0 Å². The van der Waals surface area contributed by atoms with Gasteiger partial charge in [0.05, 0.1) is 11.6 Å². The maximum absolute atomic E-state index is 5.96. The van der Waals surface area contributed by atoms with Crippen LogP contribution >= 0.6 is 0 Å². The van der Waals surface area contributed by atoms with Gasteiger partial charge in [0.2, 0.25) is 0 Å². The molecule has 0 amide bonds. The zero-order valence-electron chi connectivity index (χ0n) is 13.6. The average Bonchev–Trinajstić information content (AvgIpc) is 3.09. The molecule has 2 aromatic carbocycles. The van der Waals surface area contributed by atoms with Crippen molar-refractivity contribution in [2.24, 2.45) is 0 Å². The molecule has 1 saturated heterocycles. The van der Waals surface area contributed by atoms with Crippen molar-refractivity contribution in [1.29, 1.82) is 0 Å². The highest BCUT2D eigenvalue weighted by Crippen LogP contribution is 2.26. The molecular weight excluding hydrogens is 298 g/mol. The molecule has 4 heteroatoms. The van der Waals surface area contributed by atoms with Crippen LogP contribution in [0.15, 0.2) is 60.7 Å². The molecule has 1 aliphatic heterocycles. The van der Waals surface area contributed by atoms with Crippen LogP contribution in [0.25, 0.3) is 10.9 Å². The molecule has 0 spiro atoms. The van der Waals surface area contributed by atoms with Crippen LogP contribution in [0.2, 0.25) is 0 Å². The van der Waals surface area contributed by atoms with Gasteiger partial charge in [0, 0.05) is 17.6 Å². The lowest BCUT2D eigenvalue weighted by Gasteiger charge is -2.26. The first-order valence-corrected chi connectivity index (χ1v) is 8.40. The van der Waals surface area contributed by atoms with Gasteiger partial charge in [0.15, 0.2) is 0 Å². The van der Waals surface area contributed by atoms with E-state index in [-0.39, 0.29) is 0 Å². The Morgan fingerprint density at radius 1 is 1.04 bits per heavy atom. The Bertz CT molecular complexity index is 832. The first-order chi connectivity index (χ1) is 11.8. The predicted octanol–water partition coefficient (Wildman–Crippen LogP) is 3.86. The minimum Gasteiger partial charge on any atom is -0.491 e. The highest BCUT2D eigenvalue weighted by molar-refractivity contribution is 5.80. The highest BCUT2D eigenvalue weighted by atomic mass is 16.5. The molecule has 0 radical (unpaired) electrons. The summed E-state index contributed by atoms with van der Waals surface area (Å²) in [7, 11) is 0. The third kappa shape index (κ3) is 3.00. The lowest BCUT2D eigenvalue weighted by Crippen LogP contribution is -2.34. The van der Waals surface area contributed by atoms with Crippen LogP contribution in [-0.4, -0.2) is 24.2 Å². The summed E-state index contributed by atoms with van der Waals surface area (Å²) >= 11 is 0. The van der Waals surface area contributed by atoms with E-state index in [4.69, 9.17) is 15.5 Å². The van der Waals surface area contributed by atoms with Crippen molar-refractivity contribution in [3.8, 4) is 5.75 Å². The summed E-state index contributed by atoms with van der Waals surface area (Å²) in [4.78, 5) is 7.19. The number of pyridine rings is 1. The number of fused-ring (bicyclic) bond motifs is 1. The number of anilines is 2. The van der Waals surface area contributed by atoms with Crippen LogP contribution in [0.5, 0.6) is 5.75 Å². The van der Waals surface area contributed by atoms with Gasteiger partial charge >= 0.3 is 0 Å². The zero-order valence-corrected chi connectivity index (χ0v) is 13.6. The summed E-state index contributed by atoms with van der Waals surface area (Å²) in [6.45, 7) is 1.69. The number of hydrogen-bond acceptors (Lipinski definition) is 4. The van der Waals surface area contributed by atoms with Gasteiger partial charge in [-0.05, 0) is 55.3 Å². The summed E-state index contributed by atoms with van der Waals surface area (Å²) < 4.78 is 5.96. The van der Waals surface area contributed by atoms with E-state index in [0.717, 1.165) is 35.7 Å². The number of para-hydroxylation sites is 1. The van der Waals surface area contributed by atoms with Crippen LogP contribution in [-0.2, 0) is 0 Å². The van der Waals surface area contributed by atoms with Crippen LogP contribution in [0.1, 0.15) is 12.8 Å². The fourth-order valence-corrected chi connectivity index (χ4v) is 3.28. The third-order valence-electron chi connectivity index (χ3n) is 4.58. The monoisotopic (exact) mass is 319 g/mol. The number of nitrogens with two attached hydrogens (primary N) is 1. The Labute approximate surface area is 141 Å². The van der Waals surface area contributed by atoms with E-state index in [1.165, 1.54) is 11.8 Å². The van der Waals surface area contributed by atoms with E-state index in [1.54, 1.807) is 0 Å². The smallest absolute Gasteiger partial charge is 0.129 e. The third-order valence-corrected chi connectivity index (χ3v) is 4.58. The van der Waals surface area contributed by atoms with Crippen molar-refractivity contribution < 1.29 is 4.74 Å². The number of nitrogens with zero attached hydrogens (tertiary/aromatic N) is 2. The summed E-state index contributed by atoms with van der Waals surface area (Å²) in [5.74, 6) is 1.90. The normalized spacial score (nSPS) is 17.3. The zero-order chi connectivity index (χ0) is 16.4. The predicted molar refractivity (Wildman–Crippen MR) is 98.5 cm³/mol. The standard InChI is InChI=1S/C20H21N3O/c21-16-8-10-18(11-9-16)24-14-17-5-3-13-23(17)20-12-7-15-4-1-2-6-19(15)22-20/h1-2,4,6-12,17H,3,5,13-14,21H2. The molecule has 0 saturated carbocycles. The molecule has 24 heavy (non-hydrogen) atoms. The van der Waals surface area contributed by atoms with Crippen LogP contribution < -0.4 is 15.4 Å². The fraction of sp³-hybridized carbons (Fsp3) is 0.250. The molecule has 1 atom stereocenters. The molecule has 1 aliphatic rings. The topological polar surface area (TPSA) is 51.4 Å². The van der Waals surface area contributed by atoms with Crippen molar-refractivity contribution in [1.82, 2.24) is 4.98 Å². The van der Waals surface area contributed by atoms with Gasteiger partial charge < -0.3 is 15.4 Å². The van der Waals surface area contributed by atoms with Gasteiger partial charge in [0.1, 0.15) is 18.2 Å². The second kappa shape index (κ2) is 6.40. The van der Waals surface area contributed by atoms with Gasteiger partial charge in [-0.15, -0.1) is 0 Å². The van der Waals surface area contributed by atoms with E-state index in [2.05, 4.69) is 29.2 Å². The van der Waals surface area contributed by atoms with E-state index >= 15 is 0 Å². The molecule has 2 N–H and O–H groups in total. The Morgan fingerprint density at radius 2 is 1.88 bits per heavy atom. The van der Waals surface area contributed by atoms with E-state index in [9.17, 15) is 0 Å². The van der Waals surface area contributed by atoms with Gasteiger partial charge in [-0.3, -0.25) is 0 Å². The molecule has 3 aromatic rings. The number of hydrogen-bond donors (Lipinski definition) is 1. The van der Waals surface area contributed by atoms with Crippen LogP contribution in [0, 0.1) is 0 Å². The molecule has 122 valence electrons. The minimum atomic E-state index is 0.358. The maximum Gasteiger partial charge on any atom is 0.129 e. The Kier molecular flexibility index (Phi) is 3.95. The SMILES string of the molecule is Nc1ccc(OCC2CCCN2c2ccc3ccccc3n2)cc1. The molecule has 4 nitrogen and oxygen atoms in total. The Hall–Kier alpha value is -2.75. The molecule has 0 aliphatic carbocycles. The number of nitrogen functional groups attached to an aromatic ring is 1. The minimum absolute atomic E-state index is 0.358. The Morgan fingerprint density at radius 3 is 2.75 bits per heavy atom. The molecular formula is C20H21N3O. The van der Waals surface area contributed by atoms with Crippen molar-refractivity contribution in [2.45, 2.75) is 18.9 Å². The largest absolute Gasteiger partial charge is 0.491 e. The van der Waals surface area contributed by atoms with Crippen molar-refractivity contribution in [3.63, 3.8) is 0 Å². The highest BCUT2D eigenvalue weighted by Gasteiger charge is 2.26. The van der Waals surface area contributed by atoms with Crippen molar-refractivity contribution in [3.05, 3.63) is 60.7 Å². The lowest BCUT2D eigenvalue weighted by atomic mass is 10.2. The quantitative estimate of drug-likeness (QED) is 0.742. The van der Waals surface area contributed by atoms with Crippen molar-refractivity contribution in [2.75, 3.05) is 23.8 Å². The second-order valence-electron chi connectivity index (χ2n) is 6.23. The molecule has 2 heterocycles. The van der Waals surface area contributed by atoms with Gasteiger partial charge in [-0.25, -0.2) is 4.98 Å². The molecule has 4 rings (SSSR count). The van der Waals surface area contributed by atoms with Crippen LogP contribution in [0.4, 0.5) is 11.5 Å². The number of ether oxygens (including phenoxy) is 1. The second-order valence-corrected chi connectivity index (χ2v) is 6.23. The fourth-order valence-electron chi connectivity index (χ4n) is 3.28. The molecule has 1 unspecified atom stereocenters. The molecule has 1 fully saturated rings. The summed E-state index contributed by atoms with van der Waals surface area (Å²) in [5, 5.41) is 1.18. The summed E-state index contributed by atoms with van der Waals surface area (Å²) in [6.07, 6.45) is 2.30. The number of aromatic nitrogens is 1. The maximum atomic E-state index is 5.96. The first-order valence-electron chi connectivity index (χ1n) is 8.40. The van der Waals surface area contributed by atoms with Gasteiger partial charge in [0.25, 0.3) is 0 Å². The molecule has 1 aromatic heterocycles. The molecule has 0 bridgehead atoms. The number of benzene rings is 2. The Balaban J connectivity index is 1.50. The van der Waals surface area contributed by atoms with E-state index in [1.807, 2.05) is 36.4 Å². The average molecular weight is 319 g/mol. The lowest BCUT2D eigenvalue weighted by molar-refractivity contribution is 0.288.